The highest BCUT2D eigenvalue weighted by molar-refractivity contribution is 5.81. The molecule has 1 aliphatic rings. The molecule has 4 heteroatoms. The van der Waals surface area contributed by atoms with Crippen LogP contribution in [0.5, 0.6) is 0 Å². The predicted octanol–water partition coefficient (Wildman–Crippen LogP) is 3.31. The van der Waals surface area contributed by atoms with Crippen LogP contribution >= 0.6 is 0 Å². The van der Waals surface area contributed by atoms with E-state index in [0.717, 1.165) is 32.1 Å². The van der Waals surface area contributed by atoms with E-state index in [9.17, 15) is 14.8 Å². The monoisotopic (exact) mass is 247 g/mol. The summed E-state index contributed by atoms with van der Waals surface area (Å²) in [5.41, 5.74) is -1.11. The molecule has 0 unspecified atom stereocenters. The molecule has 2 rings (SSSR count). The number of nitroso groups, excluding NO2 is 1. The van der Waals surface area contributed by atoms with Crippen molar-refractivity contribution in [1.82, 2.24) is 0 Å². The summed E-state index contributed by atoms with van der Waals surface area (Å²) in [7, 11) is 0. The Balaban J connectivity index is 2.45. The predicted molar refractivity (Wildman–Crippen MR) is 68.1 cm³/mol. The Morgan fingerprint density at radius 3 is 2.28 bits per heavy atom. The number of rotatable bonds is 4. The molecule has 0 radical (unpaired) electrons. The van der Waals surface area contributed by atoms with Gasteiger partial charge in [0.15, 0.2) is 0 Å². The van der Waals surface area contributed by atoms with Crippen LogP contribution in [0.3, 0.4) is 0 Å². The van der Waals surface area contributed by atoms with Gasteiger partial charge in [0, 0.05) is 5.92 Å². The fraction of sp³-hybridized carbons (Fsp3) is 0.500. The number of aliphatic carboxylic acids is 1. The molecule has 1 aromatic carbocycles. The van der Waals surface area contributed by atoms with Crippen LogP contribution in [0.2, 0.25) is 0 Å². The van der Waals surface area contributed by atoms with E-state index in [-0.39, 0.29) is 5.92 Å². The molecule has 0 heterocycles. The molecule has 4 nitrogen and oxygen atoms in total. The van der Waals surface area contributed by atoms with Crippen molar-refractivity contribution in [3.05, 3.63) is 40.8 Å². The Bertz CT molecular complexity index is 426. The summed E-state index contributed by atoms with van der Waals surface area (Å²) in [4.78, 5) is 23.0. The third-order valence-corrected chi connectivity index (χ3v) is 3.88. The first-order valence-electron chi connectivity index (χ1n) is 6.35. The Labute approximate surface area is 106 Å². The van der Waals surface area contributed by atoms with Crippen LogP contribution in [-0.2, 0) is 10.3 Å². The van der Waals surface area contributed by atoms with Gasteiger partial charge < -0.3 is 5.11 Å². The number of hydrogen-bond donors (Lipinski definition) is 1. The Kier molecular flexibility index (Phi) is 3.75. The topological polar surface area (TPSA) is 66.7 Å². The second-order valence-corrected chi connectivity index (χ2v) is 4.86. The quantitative estimate of drug-likeness (QED) is 0.830. The molecule has 1 aliphatic carbocycles. The maximum absolute atomic E-state index is 11.7. The van der Waals surface area contributed by atoms with E-state index < -0.39 is 11.5 Å². The maximum atomic E-state index is 11.7. The fourth-order valence-electron chi connectivity index (χ4n) is 2.91. The maximum Gasteiger partial charge on any atom is 0.340 e. The number of carboxylic acids is 1. The Morgan fingerprint density at radius 1 is 1.17 bits per heavy atom. The molecule has 0 saturated heterocycles. The van der Waals surface area contributed by atoms with Gasteiger partial charge in [-0.15, -0.1) is 4.91 Å². The van der Waals surface area contributed by atoms with Crippen molar-refractivity contribution < 1.29 is 9.90 Å². The second kappa shape index (κ2) is 5.29. The van der Waals surface area contributed by atoms with Crippen LogP contribution in [-0.4, -0.2) is 11.1 Å². The number of hydrogen-bond acceptors (Lipinski definition) is 3. The standard InChI is InChI=1S/C14H17NO3/c16-13(17)14(15-18,11-7-3-1-4-8-11)12-9-5-2-6-10-12/h1,3-4,7-8,12H,2,5-6,9-10H2,(H,16,17)/t14-/m0/s1. The van der Waals surface area contributed by atoms with Gasteiger partial charge in [-0.25, -0.2) is 4.79 Å². The third kappa shape index (κ3) is 2.03. The van der Waals surface area contributed by atoms with Crippen molar-refractivity contribution in [2.24, 2.45) is 11.1 Å². The van der Waals surface area contributed by atoms with Crippen LogP contribution in [0.4, 0.5) is 0 Å². The average Bonchev–Trinajstić information content (AvgIpc) is 2.42. The van der Waals surface area contributed by atoms with Crippen molar-refractivity contribution in [3.8, 4) is 0 Å². The minimum atomic E-state index is -1.61. The van der Waals surface area contributed by atoms with Crippen molar-refractivity contribution >= 4 is 5.97 Å². The minimum absolute atomic E-state index is 0.191. The summed E-state index contributed by atoms with van der Waals surface area (Å²) >= 11 is 0. The summed E-state index contributed by atoms with van der Waals surface area (Å²) < 4.78 is 0. The summed E-state index contributed by atoms with van der Waals surface area (Å²) in [6.45, 7) is 0. The summed E-state index contributed by atoms with van der Waals surface area (Å²) in [5.74, 6) is -1.32. The van der Waals surface area contributed by atoms with Gasteiger partial charge in [-0.3, -0.25) is 0 Å². The molecule has 0 bridgehead atoms. The molecule has 1 fully saturated rings. The fourth-order valence-corrected chi connectivity index (χ4v) is 2.91. The first kappa shape index (κ1) is 12.7. The molecule has 1 saturated carbocycles. The highest BCUT2D eigenvalue weighted by atomic mass is 16.4. The minimum Gasteiger partial charge on any atom is -0.479 e. The van der Waals surface area contributed by atoms with Crippen LogP contribution in [0.1, 0.15) is 37.7 Å². The van der Waals surface area contributed by atoms with Crippen molar-refractivity contribution in [3.63, 3.8) is 0 Å². The van der Waals surface area contributed by atoms with Gasteiger partial charge in [-0.05, 0) is 23.6 Å². The van der Waals surface area contributed by atoms with E-state index in [1.54, 1.807) is 24.3 Å². The van der Waals surface area contributed by atoms with Crippen LogP contribution in [0.25, 0.3) is 0 Å². The van der Waals surface area contributed by atoms with E-state index in [4.69, 9.17) is 0 Å². The third-order valence-electron chi connectivity index (χ3n) is 3.88. The smallest absolute Gasteiger partial charge is 0.340 e. The zero-order chi connectivity index (χ0) is 13.0. The van der Waals surface area contributed by atoms with Crippen LogP contribution in [0.15, 0.2) is 35.5 Å². The van der Waals surface area contributed by atoms with Crippen LogP contribution in [0, 0.1) is 10.8 Å². The second-order valence-electron chi connectivity index (χ2n) is 4.86. The molecule has 1 N–H and O–H groups in total. The highest BCUT2D eigenvalue weighted by Crippen LogP contribution is 2.42. The summed E-state index contributed by atoms with van der Waals surface area (Å²) in [6, 6.07) is 8.68. The number of nitrogens with zero attached hydrogens (tertiary/aromatic N) is 1. The highest BCUT2D eigenvalue weighted by Gasteiger charge is 2.49. The van der Waals surface area contributed by atoms with Crippen LogP contribution < -0.4 is 0 Å². The number of benzene rings is 1. The van der Waals surface area contributed by atoms with E-state index >= 15 is 0 Å². The lowest BCUT2D eigenvalue weighted by atomic mass is 9.71. The Morgan fingerprint density at radius 2 is 1.78 bits per heavy atom. The Hall–Kier alpha value is -1.71. The first-order valence-corrected chi connectivity index (χ1v) is 6.35. The van der Waals surface area contributed by atoms with Gasteiger partial charge >= 0.3 is 5.97 Å². The van der Waals surface area contributed by atoms with E-state index in [2.05, 4.69) is 5.18 Å². The van der Waals surface area contributed by atoms with Crippen molar-refractivity contribution in [2.75, 3.05) is 0 Å². The molecule has 0 aliphatic heterocycles. The molecule has 0 amide bonds. The van der Waals surface area contributed by atoms with Crippen molar-refractivity contribution in [2.45, 2.75) is 37.6 Å². The molecule has 96 valence electrons. The molecule has 0 aromatic heterocycles. The van der Waals surface area contributed by atoms with E-state index in [0.29, 0.717) is 5.56 Å². The molecule has 0 spiro atoms. The lowest BCUT2D eigenvalue weighted by Gasteiger charge is -2.33. The molecular formula is C14H17NO3. The number of carbonyl (C=O) groups is 1. The van der Waals surface area contributed by atoms with Gasteiger partial charge in [0.1, 0.15) is 0 Å². The van der Waals surface area contributed by atoms with Gasteiger partial charge in [-0.1, -0.05) is 49.6 Å². The van der Waals surface area contributed by atoms with Gasteiger partial charge in [0.05, 0.1) is 0 Å². The summed E-state index contributed by atoms with van der Waals surface area (Å²) in [5, 5.41) is 12.6. The van der Waals surface area contributed by atoms with Crippen molar-refractivity contribution in [1.29, 1.82) is 0 Å². The van der Waals surface area contributed by atoms with E-state index in [1.807, 2.05) is 6.07 Å². The molecule has 1 aromatic rings. The summed E-state index contributed by atoms with van der Waals surface area (Å²) in [6.07, 6.45) is 4.57. The SMILES string of the molecule is O=N[C@@](C(=O)O)(c1ccccc1)C1CCCCC1. The first-order chi connectivity index (χ1) is 8.71. The largest absolute Gasteiger partial charge is 0.479 e. The normalized spacial score (nSPS) is 20.0. The molecule has 1 atom stereocenters. The molecular weight excluding hydrogens is 230 g/mol. The van der Waals surface area contributed by atoms with E-state index in [1.165, 1.54) is 0 Å². The lowest BCUT2D eigenvalue weighted by Crippen LogP contribution is -2.42. The number of carboxylic acid groups (broad SMARTS) is 1. The zero-order valence-corrected chi connectivity index (χ0v) is 10.2. The zero-order valence-electron chi connectivity index (χ0n) is 10.2. The lowest BCUT2D eigenvalue weighted by molar-refractivity contribution is -0.146. The van der Waals surface area contributed by atoms with Gasteiger partial charge in [-0.2, -0.15) is 0 Å². The molecule has 18 heavy (non-hydrogen) atoms. The van der Waals surface area contributed by atoms with Gasteiger partial charge in [0.2, 0.25) is 5.54 Å². The van der Waals surface area contributed by atoms with Gasteiger partial charge in [0.25, 0.3) is 0 Å². The average molecular weight is 247 g/mol.